The predicted octanol–water partition coefficient (Wildman–Crippen LogP) is 2.83. The molecule has 0 fully saturated rings. The van der Waals surface area contributed by atoms with E-state index in [0.29, 0.717) is 31.0 Å². The Morgan fingerprint density at radius 1 is 1.37 bits per heavy atom. The molecular weight excluding hydrogens is 247 g/mol. The molecule has 0 bridgehead atoms. The van der Waals surface area contributed by atoms with E-state index in [2.05, 4.69) is 4.98 Å². The molecule has 1 heterocycles. The Morgan fingerprint density at radius 3 is 2.74 bits per heavy atom. The van der Waals surface area contributed by atoms with Crippen molar-refractivity contribution >= 4 is 5.91 Å². The summed E-state index contributed by atoms with van der Waals surface area (Å²) >= 11 is 0. The van der Waals surface area contributed by atoms with E-state index in [-0.39, 0.29) is 11.7 Å². The molecule has 100 valence electrons. The van der Waals surface area contributed by atoms with Gasteiger partial charge in [-0.2, -0.15) is 0 Å². The Balaban J connectivity index is 1.74. The minimum absolute atomic E-state index is 0.00212. The number of aryl methyl sites for hydroxylation is 1. The predicted molar refractivity (Wildman–Crippen MR) is 68.7 cm³/mol. The molecule has 0 aliphatic carbocycles. The topological polar surface area (TPSA) is 44.1 Å². The number of ether oxygens (including phenoxy) is 1. The molecule has 5 heteroatoms. The van der Waals surface area contributed by atoms with Gasteiger partial charge in [-0.1, -0.05) is 0 Å². The molecular formula is C14H15FN2O2. The van der Waals surface area contributed by atoms with Crippen LogP contribution in [0.5, 0.6) is 5.75 Å². The van der Waals surface area contributed by atoms with Gasteiger partial charge < -0.3 is 4.74 Å². The van der Waals surface area contributed by atoms with Gasteiger partial charge in [-0.3, -0.25) is 9.36 Å². The molecule has 0 unspecified atom stereocenters. The molecule has 0 aliphatic rings. The van der Waals surface area contributed by atoms with Gasteiger partial charge in [0.25, 0.3) is 0 Å². The summed E-state index contributed by atoms with van der Waals surface area (Å²) in [7, 11) is 0. The van der Waals surface area contributed by atoms with E-state index in [9.17, 15) is 9.18 Å². The first-order valence-electron chi connectivity index (χ1n) is 6.08. The van der Waals surface area contributed by atoms with E-state index in [1.54, 1.807) is 31.5 Å². The van der Waals surface area contributed by atoms with E-state index in [1.165, 1.54) is 16.7 Å². The van der Waals surface area contributed by atoms with E-state index in [1.807, 2.05) is 0 Å². The summed E-state index contributed by atoms with van der Waals surface area (Å²) in [4.78, 5) is 15.8. The van der Waals surface area contributed by atoms with Crippen LogP contribution in [0.25, 0.3) is 0 Å². The highest BCUT2D eigenvalue weighted by atomic mass is 19.1. The van der Waals surface area contributed by atoms with Crippen molar-refractivity contribution in [3.63, 3.8) is 0 Å². The standard InChI is InChI=1S/C14H15FN2O2/c1-11-16-8-9-17(11)14(18)3-2-10-19-13-6-4-12(15)5-7-13/h4-9H,2-3,10H2,1H3. The van der Waals surface area contributed by atoms with Gasteiger partial charge in [-0.05, 0) is 37.6 Å². The number of hydrogen-bond donors (Lipinski definition) is 0. The highest BCUT2D eigenvalue weighted by Gasteiger charge is 2.07. The number of rotatable bonds is 5. The minimum atomic E-state index is -0.293. The number of benzene rings is 1. The van der Waals surface area contributed by atoms with Crippen LogP contribution in [0.1, 0.15) is 23.5 Å². The van der Waals surface area contributed by atoms with Crippen LogP contribution in [0.4, 0.5) is 4.39 Å². The number of aromatic nitrogens is 2. The Morgan fingerprint density at radius 2 is 2.11 bits per heavy atom. The van der Waals surface area contributed by atoms with E-state index in [4.69, 9.17) is 4.74 Å². The summed E-state index contributed by atoms with van der Waals surface area (Å²) < 4.78 is 19.6. The van der Waals surface area contributed by atoms with Crippen LogP contribution in [0, 0.1) is 12.7 Å². The number of halogens is 1. The van der Waals surface area contributed by atoms with Gasteiger partial charge in [0, 0.05) is 18.8 Å². The largest absolute Gasteiger partial charge is 0.494 e. The first-order valence-corrected chi connectivity index (χ1v) is 6.08. The summed E-state index contributed by atoms with van der Waals surface area (Å²) in [6, 6.07) is 5.82. The smallest absolute Gasteiger partial charge is 0.232 e. The Bertz CT molecular complexity index is 549. The first kappa shape index (κ1) is 13.3. The second-order valence-corrected chi connectivity index (χ2v) is 4.14. The lowest BCUT2D eigenvalue weighted by Gasteiger charge is -2.06. The van der Waals surface area contributed by atoms with Gasteiger partial charge in [-0.15, -0.1) is 0 Å². The fraction of sp³-hybridized carbons (Fsp3) is 0.286. The maximum Gasteiger partial charge on any atom is 0.232 e. The maximum absolute atomic E-state index is 12.7. The summed E-state index contributed by atoms with van der Waals surface area (Å²) in [5.41, 5.74) is 0. The lowest BCUT2D eigenvalue weighted by molar-refractivity contribution is 0.0890. The molecule has 0 saturated carbocycles. The number of hydrogen-bond acceptors (Lipinski definition) is 3. The molecule has 2 aromatic rings. The van der Waals surface area contributed by atoms with Crippen molar-refractivity contribution in [2.24, 2.45) is 0 Å². The second-order valence-electron chi connectivity index (χ2n) is 4.14. The highest BCUT2D eigenvalue weighted by Crippen LogP contribution is 2.11. The van der Waals surface area contributed by atoms with Crippen LogP contribution in [0.3, 0.4) is 0 Å². The van der Waals surface area contributed by atoms with Crippen LogP contribution < -0.4 is 4.74 Å². The molecule has 1 aromatic heterocycles. The fourth-order valence-corrected chi connectivity index (χ4v) is 1.71. The molecule has 0 spiro atoms. The average Bonchev–Trinajstić information content (AvgIpc) is 2.83. The molecule has 0 aliphatic heterocycles. The van der Waals surface area contributed by atoms with Crippen LogP contribution in [-0.2, 0) is 0 Å². The summed E-state index contributed by atoms with van der Waals surface area (Å²) in [6.07, 6.45) is 4.24. The zero-order chi connectivity index (χ0) is 13.7. The molecule has 2 rings (SSSR count). The number of carbonyl (C=O) groups excluding carboxylic acids is 1. The van der Waals surface area contributed by atoms with E-state index < -0.39 is 0 Å². The summed E-state index contributed by atoms with van der Waals surface area (Å²) in [5, 5.41) is 0. The number of imidazole rings is 1. The average molecular weight is 262 g/mol. The van der Waals surface area contributed by atoms with Gasteiger partial charge in [0.2, 0.25) is 5.91 Å². The zero-order valence-corrected chi connectivity index (χ0v) is 10.7. The minimum Gasteiger partial charge on any atom is -0.494 e. The lowest BCUT2D eigenvalue weighted by Crippen LogP contribution is -2.12. The molecule has 0 N–H and O–H groups in total. The summed E-state index contributed by atoms with van der Waals surface area (Å²) in [6.45, 7) is 2.21. The van der Waals surface area contributed by atoms with Crippen molar-refractivity contribution in [1.82, 2.24) is 9.55 Å². The van der Waals surface area contributed by atoms with Crippen LogP contribution in [0.15, 0.2) is 36.7 Å². The van der Waals surface area contributed by atoms with Crippen molar-refractivity contribution in [1.29, 1.82) is 0 Å². The van der Waals surface area contributed by atoms with Gasteiger partial charge in [0.05, 0.1) is 6.61 Å². The summed E-state index contributed by atoms with van der Waals surface area (Å²) in [5.74, 6) is 0.993. The SMILES string of the molecule is Cc1nccn1C(=O)CCCOc1ccc(F)cc1. The second kappa shape index (κ2) is 6.13. The van der Waals surface area contributed by atoms with Crippen LogP contribution >= 0.6 is 0 Å². The highest BCUT2D eigenvalue weighted by molar-refractivity contribution is 5.79. The van der Waals surface area contributed by atoms with Crippen molar-refractivity contribution in [3.8, 4) is 5.75 Å². The first-order chi connectivity index (χ1) is 9.16. The number of nitrogens with zero attached hydrogens (tertiary/aromatic N) is 2. The van der Waals surface area contributed by atoms with Crippen LogP contribution in [-0.4, -0.2) is 22.1 Å². The number of carbonyl (C=O) groups is 1. The van der Waals surface area contributed by atoms with Gasteiger partial charge in [0.1, 0.15) is 17.4 Å². The van der Waals surface area contributed by atoms with Crippen LogP contribution in [0.2, 0.25) is 0 Å². The van der Waals surface area contributed by atoms with Crippen molar-refractivity contribution in [2.45, 2.75) is 19.8 Å². The monoisotopic (exact) mass is 262 g/mol. The molecule has 0 amide bonds. The third-order valence-corrected chi connectivity index (χ3v) is 2.71. The molecule has 19 heavy (non-hydrogen) atoms. The molecule has 0 radical (unpaired) electrons. The molecule has 0 atom stereocenters. The molecule has 0 saturated heterocycles. The third kappa shape index (κ3) is 3.64. The normalized spacial score (nSPS) is 10.4. The van der Waals surface area contributed by atoms with Gasteiger partial charge >= 0.3 is 0 Å². The molecule has 4 nitrogen and oxygen atoms in total. The fourth-order valence-electron chi connectivity index (χ4n) is 1.71. The zero-order valence-electron chi connectivity index (χ0n) is 10.7. The van der Waals surface area contributed by atoms with Gasteiger partial charge in [-0.25, -0.2) is 9.37 Å². The lowest BCUT2D eigenvalue weighted by atomic mass is 10.3. The van der Waals surface area contributed by atoms with Crippen molar-refractivity contribution in [2.75, 3.05) is 6.61 Å². The quantitative estimate of drug-likeness (QED) is 0.778. The van der Waals surface area contributed by atoms with E-state index in [0.717, 1.165) is 0 Å². The molecule has 1 aromatic carbocycles. The Labute approximate surface area is 110 Å². The van der Waals surface area contributed by atoms with Crippen molar-refractivity contribution in [3.05, 3.63) is 48.3 Å². The van der Waals surface area contributed by atoms with Crippen molar-refractivity contribution < 1.29 is 13.9 Å². The Hall–Kier alpha value is -2.17. The van der Waals surface area contributed by atoms with Gasteiger partial charge in [0.15, 0.2) is 0 Å². The maximum atomic E-state index is 12.7. The third-order valence-electron chi connectivity index (χ3n) is 2.71. The Kier molecular flexibility index (Phi) is 4.28. The van der Waals surface area contributed by atoms with E-state index >= 15 is 0 Å².